The molecule has 0 unspecified atom stereocenters. The van der Waals surface area contributed by atoms with E-state index >= 15 is 0 Å². The molecular formula is C15H11BrN2OS. The summed E-state index contributed by atoms with van der Waals surface area (Å²) in [4.78, 5) is 16.8. The smallest absolute Gasteiger partial charge is 0.267 e. The molecule has 0 aliphatic heterocycles. The number of halogens is 1. The summed E-state index contributed by atoms with van der Waals surface area (Å²) in [7, 11) is 0. The summed E-state index contributed by atoms with van der Waals surface area (Å²) in [5, 5.41) is 6.01. The minimum atomic E-state index is -0.118. The maximum atomic E-state index is 12.1. The predicted octanol–water partition coefficient (Wildman–Crippen LogP) is 4.62. The molecule has 0 aliphatic carbocycles. The molecule has 0 spiro atoms. The standard InChI is InChI=1S/C15H11BrN2OS/c1-9-17-8-14(20-9)15(19)18-13-5-3-10-6-12(16)4-2-11(10)7-13/h2-8H,1H3,(H,18,19). The van der Waals surface area contributed by atoms with Gasteiger partial charge in [-0.05, 0) is 42.0 Å². The van der Waals surface area contributed by atoms with Crippen LogP contribution in [-0.2, 0) is 0 Å². The molecule has 20 heavy (non-hydrogen) atoms. The fourth-order valence-electron chi connectivity index (χ4n) is 1.95. The van der Waals surface area contributed by atoms with E-state index in [1.165, 1.54) is 11.3 Å². The highest BCUT2D eigenvalue weighted by atomic mass is 79.9. The molecule has 3 rings (SSSR count). The van der Waals surface area contributed by atoms with Crippen LogP contribution in [0.2, 0.25) is 0 Å². The van der Waals surface area contributed by atoms with Crippen LogP contribution in [0.25, 0.3) is 10.8 Å². The number of rotatable bonds is 2. The number of nitrogens with one attached hydrogen (secondary N) is 1. The van der Waals surface area contributed by atoms with Gasteiger partial charge in [0, 0.05) is 10.2 Å². The lowest BCUT2D eigenvalue weighted by molar-refractivity contribution is 0.103. The molecule has 0 saturated carbocycles. The Labute approximate surface area is 128 Å². The quantitative estimate of drug-likeness (QED) is 0.735. The van der Waals surface area contributed by atoms with Crippen LogP contribution in [0.15, 0.2) is 47.1 Å². The van der Waals surface area contributed by atoms with Crippen LogP contribution >= 0.6 is 27.3 Å². The minimum Gasteiger partial charge on any atom is -0.321 e. The highest BCUT2D eigenvalue weighted by Crippen LogP contribution is 2.23. The summed E-state index contributed by atoms with van der Waals surface area (Å²) in [6, 6.07) is 11.9. The second-order valence-electron chi connectivity index (χ2n) is 4.40. The van der Waals surface area contributed by atoms with E-state index in [-0.39, 0.29) is 5.91 Å². The maximum absolute atomic E-state index is 12.1. The molecule has 2 aromatic carbocycles. The van der Waals surface area contributed by atoms with Crippen LogP contribution in [0.3, 0.4) is 0 Å². The van der Waals surface area contributed by atoms with Gasteiger partial charge in [-0.1, -0.05) is 28.1 Å². The number of anilines is 1. The zero-order chi connectivity index (χ0) is 14.1. The van der Waals surface area contributed by atoms with Crippen LogP contribution < -0.4 is 5.32 Å². The Bertz CT molecular complexity index is 797. The van der Waals surface area contributed by atoms with Crippen LogP contribution in [-0.4, -0.2) is 10.9 Å². The van der Waals surface area contributed by atoms with Crippen molar-refractivity contribution in [3.63, 3.8) is 0 Å². The average Bonchev–Trinajstić information content (AvgIpc) is 2.86. The molecule has 1 N–H and O–H groups in total. The van der Waals surface area contributed by atoms with E-state index in [9.17, 15) is 4.79 Å². The fraction of sp³-hybridized carbons (Fsp3) is 0.0667. The molecular weight excluding hydrogens is 336 g/mol. The first-order chi connectivity index (χ1) is 9.61. The van der Waals surface area contributed by atoms with E-state index in [1.54, 1.807) is 6.20 Å². The van der Waals surface area contributed by atoms with E-state index in [0.29, 0.717) is 4.88 Å². The topological polar surface area (TPSA) is 42.0 Å². The third-order valence-electron chi connectivity index (χ3n) is 2.91. The van der Waals surface area contributed by atoms with Crippen LogP contribution in [0.4, 0.5) is 5.69 Å². The molecule has 0 radical (unpaired) electrons. The van der Waals surface area contributed by atoms with E-state index in [1.807, 2.05) is 43.3 Å². The molecule has 0 atom stereocenters. The molecule has 5 heteroatoms. The first-order valence-corrected chi connectivity index (χ1v) is 7.66. The Balaban J connectivity index is 1.87. The monoisotopic (exact) mass is 346 g/mol. The number of carbonyl (C=O) groups excluding carboxylic acids is 1. The van der Waals surface area contributed by atoms with Crippen LogP contribution in [0, 0.1) is 6.92 Å². The number of thiazole rings is 1. The van der Waals surface area contributed by atoms with Crippen molar-refractivity contribution in [2.24, 2.45) is 0 Å². The number of hydrogen-bond acceptors (Lipinski definition) is 3. The number of amides is 1. The maximum Gasteiger partial charge on any atom is 0.267 e. The van der Waals surface area contributed by atoms with Gasteiger partial charge in [0.25, 0.3) is 5.91 Å². The Morgan fingerprint density at radius 3 is 2.70 bits per heavy atom. The Morgan fingerprint density at radius 2 is 1.95 bits per heavy atom. The summed E-state index contributed by atoms with van der Waals surface area (Å²) >= 11 is 4.84. The van der Waals surface area contributed by atoms with E-state index < -0.39 is 0 Å². The summed E-state index contributed by atoms with van der Waals surface area (Å²) in [6.07, 6.45) is 1.60. The molecule has 0 aliphatic rings. The van der Waals surface area contributed by atoms with E-state index in [2.05, 4.69) is 26.2 Å². The van der Waals surface area contributed by atoms with E-state index in [4.69, 9.17) is 0 Å². The lowest BCUT2D eigenvalue weighted by Crippen LogP contribution is -2.09. The van der Waals surface area contributed by atoms with Gasteiger partial charge in [-0.15, -0.1) is 11.3 Å². The summed E-state index contributed by atoms with van der Waals surface area (Å²) < 4.78 is 1.04. The highest BCUT2D eigenvalue weighted by molar-refractivity contribution is 9.10. The van der Waals surface area contributed by atoms with Gasteiger partial charge in [-0.25, -0.2) is 4.98 Å². The molecule has 0 fully saturated rings. The normalized spacial score (nSPS) is 10.7. The second kappa shape index (κ2) is 5.34. The van der Waals surface area contributed by atoms with Crippen molar-refractivity contribution < 1.29 is 4.79 Å². The van der Waals surface area contributed by atoms with Crippen molar-refractivity contribution >= 4 is 49.6 Å². The third kappa shape index (κ3) is 2.73. The van der Waals surface area contributed by atoms with Gasteiger partial charge in [-0.2, -0.15) is 0 Å². The van der Waals surface area contributed by atoms with Crippen molar-refractivity contribution in [3.8, 4) is 0 Å². The number of benzene rings is 2. The molecule has 1 heterocycles. The average molecular weight is 347 g/mol. The molecule has 0 bridgehead atoms. The Hall–Kier alpha value is -1.72. The zero-order valence-corrected chi connectivity index (χ0v) is 13.1. The van der Waals surface area contributed by atoms with Gasteiger partial charge >= 0.3 is 0 Å². The van der Waals surface area contributed by atoms with Crippen LogP contribution in [0.1, 0.15) is 14.7 Å². The lowest BCUT2D eigenvalue weighted by atomic mass is 10.1. The van der Waals surface area contributed by atoms with Crippen molar-refractivity contribution in [1.29, 1.82) is 0 Å². The molecule has 100 valence electrons. The Kier molecular flexibility index (Phi) is 3.54. The summed E-state index contributed by atoms with van der Waals surface area (Å²) in [5.41, 5.74) is 0.788. The predicted molar refractivity (Wildman–Crippen MR) is 86.5 cm³/mol. The second-order valence-corrected chi connectivity index (χ2v) is 6.55. The van der Waals surface area contributed by atoms with Crippen molar-refractivity contribution in [2.45, 2.75) is 6.92 Å². The first-order valence-electron chi connectivity index (χ1n) is 6.05. The Morgan fingerprint density at radius 1 is 1.20 bits per heavy atom. The van der Waals surface area contributed by atoms with Crippen LogP contribution in [0.5, 0.6) is 0 Å². The SMILES string of the molecule is Cc1ncc(C(=O)Nc2ccc3cc(Br)ccc3c2)s1. The molecule has 1 amide bonds. The summed E-state index contributed by atoms with van der Waals surface area (Å²) in [6.45, 7) is 1.88. The van der Waals surface area contributed by atoms with Crippen molar-refractivity contribution in [1.82, 2.24) is 4.98 Å². The van der Waals surface area contributed by atoms with Gasteiger partial charge in [-0.3, -0.25) is 4.79 Å². The van der Waals surface area contributed by atoms with Gasteiger partial charge < -0.3 is 5.32 Å². The van der Waals surface area contributed by atoms with Gasteiger partial charge in [0.2, 0.25) is 0 Å². The number of carbonyl (C=O) groups is 1. The number of aryl methyl sites for hydroxylation is 1. The third-order valence-corrected chi connectivity index (χ3v) is 4.31. The van der Waals surface area contributed by atoms with Gasteiger partial charge in [0.1, 0.15) is 4.88 Å². The minimum absolute atomic E-state index is 0.118. The molecule has 1 aromatic heterocycles. The summed E-state index contributed by atoms with van der Waals surface area (Å²) in [5.74, 6) is -0.118. The first kappa shape index (κ1) is 13.3. The zero-order valence-electron chi connectivity index (χ0n) is 10.7. The number of fused-ring (bicyclic) bond motifs is 1. The van der Waals surface area contributed by atoms with Gasteiger partial charge in [0.05, 0.1) is 11.2 Å². The number of aromatic nitrogens is 1. The number of hydrogen-bond donors (Lipinski definition) is 1. The highest BCUT2D eigenvalue weighted by Gasteiger charge is 2.09. The van der Waals surface area contributed by atoms with Crippen molar-refractivity contribution in [2.75, 3.05) is 5.32 Å². The lowest BCUT2D eigenvalue weighted by Gasteiger charge is -2.05. The van der Waals surface area contributed by atoms with Crippen molar-refractivity contribution in [3.05, 3.63) is 57.0 Å². The molecule has 3 aromatic rings. The molecule has 3 nitrogen and oxygen atoms in total. The van der Waals surface area contributed by atoms with E-state index in [0.717, 1.165) is 25.9 Å². The molecule has 0 saturated heterocycles. The fourth-order valence-corrected chi connectivity index (χ4v) is 3.00. The largest absolute Gasteiger partial charge is 0.321 e. The van der Waals surface area contributed by atoms with Gasteiger partial charge in [0.15, 0.2) is 0 Å². The number of nitrogens with zero attached hydrogens (tertiary/aromatic N) is 1.